The fourth-order valence-corrected chi connectivity index (χ4v) is 3.50. The van der Waals surface area contributed by atoms with E-state index < -0.39 is 35.3 Å². The van der Waals surface area contributed by atoms with Gasteiger partial charge in [-0.25, -0.2) is 9.37 Å². The molecule has 5 nitrogen and oxygen atoms in total. The van der Waals surface area contributed by atoms with Gasteiger partial charge in [0.2, 0.25) is 11.9 Å². The number of benzene rings is 2. The van der Waals surface area contributed by atoms with E-state index in [0.717, 1.165) is 24.3 Å². The van der Waals surface area contributed by atoms with Gasteiger partial charge in [0, 0.05) is 5.69 Å². The van der Waals surface area contributed by atoms with Crippen LogP contribution in [0.5, 0.6) is 0 Å². The topological polar surface area (TPSA) is 57.6 Å². The van der Waals surface area contributed by atoms with E-state index in [0.29, 0.717) is 17.0 Å². The maximum Gasteiger partial charge on any atom is 0.416 e. The third kappa shape index (κ3) is 5.33. The quantitative estimate of drug-likeness (QED) is 0.439. The minimum atomic E-state index is -4.47. The Morgan fingerprint density at radius 3 is 2.33 bits per heavy atom. The molecule has 1 amide bonds. The zero-order valence-electron chi connectivity index (χ0n) is 17.0. The number of amides is 1. The second-order valence-corrected chi connectivity index (χ2v) is 7.40. The van der Waals surface area contributed by atoms with Crippen molar-refractivity contribution in [2.24, 2.45) is 5.10 Å². The van der Waals surface area contributed by atoms with Crippen molar-refractivity contribution in [1.29, 1.82) is 0 Å². The summed E-state index contributed by atoms with van der Waals surface area (Å²) in [4.78, 5) is 16.4. The van der Waals surface area contributed by atoms with Crippen LogP contribution in [0.2, 0.25) is 0 Å². The molecule has 170 valence electrons. The van der Waals surface area contributed by atoms with Crippen LogP contribution in [0.3, 0.4) is 0 Å². The van der Waals surface area contributed by atoms with Crippen molar-refractivity contribution in [3.63, 3.8) is 0 Å². The number of anilines is 1. The molecule has 0 radical (unpaired) electrons. The number of carbonyl (C=O) groups excluding carboxylic acids is 1. The Morgan fingerprint density at radius 1 is 1.00 bits per heavy atom. The molecule has 0 aliphatic carbocycles. The predicted molar refractivity (Wildman–Crippen MR) is 112 cm³/mol. The predicted octanol–water partition coefficient (Wildman–Crippen LogP) is 4.82. The van der Waals surface area contributed by atoms with Crippen LogP contribution < -0.4 is 5.32 Å². The third-order valence-electron chi connectivity index (χ3n) is 5.03. The lowest BCUT2D eigenvalue weighted by Crippen LogP contribution is -2.29. The van der Waals surface area contributed by atoms with Crippen LogP contribution in [0.1, 0.15) is 22.7 Å². The van der Waals surface area contributed by atoms with Crippen LogP contribution in [0.4, 0.5) is 27.6 Å². The lowest BCUT2D eigenvalue weighted by molar-refractivity contribution is -0.137. The molecule has 3 aromatic rings. The summed E-state index contributed by atoms with van der Waals surface area (Å²) in [6, 6.07) is 14.1. The van der Waals surface area contributed by atoms with Gasteiger partial charge in [-0.15, -0.1) is 0 Å². The van der Waals surface area contributed by atoms with Gasteiger partial charge in [-0.3, -0.25) is 9.80 Å². The monoisotopic (exact) mass is 460 g/mol. The van der Waals surface area contributed by atoms with Crippen LogP contribution in [0.25, 0.3) is 0 Å². The number of carbonyl (C=O) groups is 1. The number of hydrogen-bond donors (Lipinski definition) is 1. The van der Waals surface area contributed by atoms with Crippen molar-refractivity contribution in [3.8, 4) is 0 Å². The molecule has 0 spiro atoms. The van der Waals surface area contributed by atoms with Crippen LogP contribution in [-0.2, 0) is 11.0 Å². The maximum atomic E-state index is 13.7. The van der Waals surface area contributed by atoms with Crippen molar-refractivity contribution in [2.45, 2.75) is 12.1 Å². The molecule has 0 bridgehead atoms. The first-order valence-electron chi connectivity index (χ1n) is 9.88. The minimum Gasteiger partial charge on any atom is -0.324 e. The van der Waals surface area contributed by atoms with Crippen molar-refractivity contribution in [1.82, 2.24) is 9.99 Å². The summed E-state index contributed by atoms with van der Waals surface area (Å²) in [5.74, 6) is -2.05. The van der Waals surface area contributed by atoms with Gasteiger partial charge < -0.3 is 5.32 Å². The number of hydrogen-bond acceptors (Lipinski definition) is 4. The number of aromatic nitrogens is 1. The summed E-state index contributed by atoms with van der Waals surface area (Å²) in [5, 5.41) is 8.44. The van der Waals surface area contributed by atoms with Crippen LogP contribution in [0, 0.1) is 11.8 Å². The smallest absolute Gasteiger partial charge is 0.324 e. The van der Waals surface area contributed by atoms with Gasteiger partial charge >= 0.3 is 6.18 Å². The average Bonchev–Trinajstić information content (AvgIpc) is 3.17. The van der Waals surface area contributed by atoms with Gasteiger partial charge in [0.25, 0.3) is 0 Å². The van der Waals surface area contributed by atoms with Gasteiger partial charge in [0.1, 0.15) is 12.4 Å². The summed E-state index contributed by atoms with van der Waals surface area (Å²) >= 11 is 0. The first-order chi connectivity index (χ1) is 15.7. The number of pyridine rings is 1. The molecule has 1 aromatic heterocycles. The van der Waals surface area contributed by atoms with E-state index in [9.17, 15) is 26.7 Å². The Hall–Kier alpha value is -3.82. The zero-order chi connectivity index (χ0) is 23.6. The summed E-state index contributed by atoms with van der Waals surface area (Å²) < 4.78 is 65.2. The van der Waals surface area contributed by atoms with Crippen LogP contribution >= 0.6 is 0 Å². The Kier molecular flexibility index (Phi) is 6.08. The first-order valence-corrected chi connectivity index (χ1v) is 9.88. The Bertz CT molecular complexity index is 1180. The molecular weight excluding hydrogens is 443 g/mol. The number of halogens is 5. The zero-order valence-corrected chi connectivity index (χ0v) is 17.0. The van der Waals surface area contributed by atoms with Gasteiger partial charge in [-0.05, 0) is 54.1 Å². The van der Waals surface area contributed by atoms with E-state index in [4.69, 9.17) is 0 Å². The number of nitrogens with one attached hydrogen (secondary N) is 1. The van der Waals surface area contributed by atoms with Crippen molar-refractivity contribution in [2.75, 3.05) is 18.4 Å². The normalized spacial score (nSPS) is 16.0. The summed E-state index contributed by atoms with van der Waals surface area (Å²) in [6.45, 7) is 0.0150. The Labute approximate surface area is 185 Å². The van der Waals surface area contributed by atoms with Gasteiger partial charge in [-0.1, -0.05) is 18.2 Å². The highest BCUT2D eigenvalue weighted by atomic mass is 19.4. The summed E-state index contributed by atoms with van der Waals surface area (Å²) in [5.41, 5.74) is 0.884. The van der Waals surface area contributed by atoms with Crippen molar-refractivity contribution in [3.05, 3.63) is 95.3 Å². The van der Waals surface area contributed by atoms with Crippen LogP contribution in [-0.4, -0.2) is 34.7 Å². The van der Waals surface area contributed by atoms with Gasteiger partial charge in [0.05, 0.1) is 29.4 Å². The Morgan fingerprint density at radius 2 is 1.70 bits per heavy atom. The molecule has 2 aromatic carbocycles. The second kappa shape index (κ2) is 8.97. The number of nitrogens with zero attached hydrogens (tertiary/aromatic N) is 3. The van der Waals surface area contributed by atoms with Crippen molar-refractivity contribution >= 4 is 17.3 Å². The molecular formula is C23H17F5N4O. The molecule has 1 N–H and O–H groups in total. The largest absolute Gasteiger partial charge is 0.416 e. The van der Waals surface area contributed by atoms with E-state index in [1.807, 2.05) is 0 Å². The van der Waals surface area contributed by atoms with E-state index in [2.05, 4.69) is 15.4 Å². The van der Waals surface area contributed by atoms with Crippen LogP contribution in [0.15, 0.2) is 71.8 Å². The van der Waals surface area contributed by atoms with Gasteiger partial charge in [0.15, 0.2) is 0 Å². The van der Waals surface area contributed by atoms with E-state index >= 15 is 0 Å². The first kappa shape index (κ1) is 22.4. The molecule has 1 aliphatic rings. The number of rotatable bonds is 5. The lowest BCUT2D eigenvalue weighted by atomic mass is 9.94. The standard InChI is InChI=1S/C23H17F5N4O/c24-16-8-4-14(5-9-16)22-18(19-2-1-3-20(25)30-19)12-32(31-22)13-21(33)29-17-10-6-15(7-11-17)23(26,27)28/h1-11,18H,12-13H2,(H,29,33). The number of alkyl halides is 3. The van der Waals surface area contributed by atoms with E-state index in [1.165, 1.54) is 41.4 Å². The molecule has 1 unspecified atom stereocenters. The summed E-state index contributed by atoms with van der Waals surface area (Å²) in [7, 11) is 0. The highest BCUT2D eigenvalue weighted by molar-refractivity contribution is 6.06. The minimum absolute atomic E-state index is 0.197. The molecule has 0 fully saturated rings. The Balaban J connectivity index is 1.51. The highest BCUT2D eigenvalue weighted by Gasteiger charge is 2.32. The number of hydrazone groups is 1. The molecule has 0 saturated heterocycles. The summed E-state index contributed by atoms with van der Waals surface area (Å²) in [6.07, 6.45) is -4.47. The second-order valence-electron chi connectivity index (χ2n) is 7.40. The molecule has 1 atom stereocenters. The fraction of sp³-hybridized carbons (Fsp3) is 0.174. The molecule has 4 rings (SSSR count). The molecule has 1 aliphatic heterocycles. The molecule has 33 heavy (non-hydrogen) atoms. The van der Waals surface area contributed by atoms with E-state index in [1.54, 1.807) is 6.07 Å². The average molecular weight is 460 g/mol. The fourth-order valence-electron chi connectivity index (χ4n) is 3.50. The SMILES string of the molecule is O=C(CN1CC(c2cccc(F)n2)C(c2ccc(F)cc2)=N1)Nc1ccc(C(F)(F)F)cc1. The third-order valence-corrected chi connectivity index (χ3v) is 5.03. The molecule has 0 saturated carbocycles. The van der Waals surface area contributed by atoms with Crippen molar-refractivity contribution < 1.29 is 26.7 Å². The maximum absolute atomic E-state index is 13.7. The van der Waals surface area contributed by atoms with E-state index in [-0.39, 0.29) is 18.8 Å². The molecule has 2 heterocycles. The van der Waals surface area contributed by atoms with Gasteiger partial charge in [-0.2, -0.15) is 22.7 Å². The highest BCUT2D eigenvalue weighted by Crippen LogP contribution is 2.30. The lowest BCUT2D eigenvalue weighted by Gasteiger charge is -2.16. The molecule has 10 heteroatoms.